The Morgan fingerprint density at radius 1 is 1.24 bits per heavy atom. The Balaban J connectivity index is 1.59. The molecule has 1 fully saturated rings. The van der Waals surface area contributed by atoms with Crippen LogP contribution in [0.4, 0.5) is 0 Å². The first-order chi connectivity index (χ1) is 12.0. The van der Waals surface area contributed by atoms with Crippen molar-refractivity contribution in [2.45, 2.75) is 59.5 Å². The largest absolute Gasteiger partial charge is 0.376 e. The van der Waals surface area contributed by atoms with E-state index in [0.29, 0.717) is 25.2 Å². The van der Waals surface area contributed by atoms with Crippen LogP contribution >= 0.6 is 11.3 Å². The minimum atomic E-state index is -0.0437. The highest BCUT2D eigenvalue weighted by molar-refractivity contribution is 7.20. The average molecular weight is 362 g/mol. The fraction of sp³-hybridized carbons (Fsp3) is 0.632. The van der Waals surface area contributed by atoms with Crippen LogP contribution in [0.1, 0.15) is 59.4 Å². The van der Waals surface area contributed by atoms with Gasteiger partial charge in [0.05, 0.1) is 17.6 Å². The first-order valence-corrected chi connectivity index (χ1v) is 9.93. The summed E-state index contributed by atoms with van der Waals surface area (Å²) in [6.07, 6.45) is 5.30. The maximum absolute atomic E-state index is 12.5. The van der Waals surface area contributed by atoms with E-state index in [9.17, 15) is 4.79 Å². The number of hydrogen-bond acceptors (Lipinski definition) is 5. The summed E-state index contributed by atoms with van der Waals surface area (Å²) in [6, 6.07) is 0. The predicted octanol–water partition coefficient (Wildman–Crippen LogP) is 3.94. The number of amides is 1. The third kappa shape index (κ3) is 4.01. The Morgan fingerprint density at radius 2 is 2.00 bits per heavy atom. The molecule has 1 N–H and O–H groups in total. The highest BCUT2D eigenvalue weighted by Gasteiger charge is 2.22. The molecule has 0 bridgehead atoms. The Labute approximate surface area is 153 Å². The lowest BCUT2D eigenvalue weighted by Crippen LogP contribution is -2.31. The third-order valence-corrected chi connectivity index (χ3v) is 6.23. The molecule has 1 amide bonds. The number of fused-ring (bicyclic) bond motifs is 1. The molecule has 2 aromatic heterocycles. The zero-order valence-corrected chi connectivity index (χ0v) is 16.3. The van der Waals surface area contributed by atoms with E-state index < -0.39 is 0 Å². The molecule has 136 valence electrons. The number of aryl methyl sites for hydroxylation is 3. The normalized spacial score (nSPS) is 20.8. The summed E-state index contributed by atoms with van der Waals surface area (Å²) in [6.45, 7) is 9.19. The van der Waals surface area contributed by atoms with Gasteiger partial charge in [0.25, 0.3) is 5.91 Å². The number of aromatic nitrogens is 2. The molecule has 1 saturated carbocycles. The molecule has 2 atom stereocenters. The SMILES string of the molecule is Cc1nc(C)c2c(C)c(C(=O)NCCOC3CCCCC3C)sc2n1. The fourth-order valence-corrected chi connectivity index (χ4v) is 4.87. The van der Waals surface area contributed by atoms with Crippen molar-refractivity contribution in [2.24, 2.45) is 5.92 Å². The summed E-state index contributed by atoms with van der Waals surface area (Å²) in [7, 11) is 0. The van der Waals surface area contributed by atoms with Crippen LogP contribution in [0.5, 0.6) is 0 Å². The lowest BCUT2D eigenvalue weighted by atomic mass is 9.88. The van der Waals surface area contributed by atoms with Crippen molar-refractivity contribution in [1.82, 2.24) is 15.3 Å². The van der Waals surface area contributed by atoms with Crippen LogP contribution in [0, 0.1) is 26.7 Å². The molecular formula is C19H27N3O2S. The molecule has 6 heteroatoms. The topological polar surface area (TPSA) is 64.1 Å². The quantitative estimate of drug-likeness (QED) is 0.819. The number of hydrogen-bond donors (Lipinski definition) is 1. The van der Waals surface area contributed by atoms with E-state index in [-0.39, 0.29) is 5.91 Å². The standard InChI is InChI=1S/C19H27N3O2S/c1-11-7-5-6-8-15(11)24-10-9-20-18(23)17-12(2)16-13(3)21-14(4)22-19(16)25-17/h11,15H,5-10H2,1-4H3,(H,20,23). The van der Waals surface area contributed by atoms with Gasteiger partial charge in [0.2, 0.25) is 0 Å². The van der Waals surface area contributed by atoms with Crippen LogP contribution < -0.4 is 5.32 Å². The first kappa shape index (κ1) is 18.3. The number of carbonyl (C=O) groups excluding carboxylic acids is 1. The molecule has 0 radical (unpaired) electrons. The second kappa shape index (κ2) is 7.79. The fourth-order valence-electron chi connectivity index (χ4n) is 3.68. The summed E-state index contributed by atoms with van der Waals surface area (Å²) >= 11 is 1.44. The summed E-state index contributed by atoms with van der Waals surface area (Å²) in [4.78, 5) is 23.0. The first-order valence-electron chi connectivity index (χ1n) is 9.11. The molecular weight excluding hydrogens is 334 g/mol. The van der Waals surface area contributed by atoms with Gasteiger partial charge in [0, 0.05) is 17.6 Å². The molecule has 1 aliphatic rings. The van der Waals surface area contributed by atoms with E-state index in [1.54, 1.807) is 0 Å². The van der Waals surface area contributed by atoms with Gasteiger partial charge in [-0.05, 0) is 45.1 Å². The molecule has 5 nitrogen and oxygen atoms in total. The second-order valence-electron chi connectivity index (χ2n) is 7.02. The summed E-state index contributed by atoms with van der Waals surface area (Å²) < 4.78 is 5.97. The average Bonchev–Trinajstić information content (AvgIpc) is 2.89. The van der Waals surface area contributed by atoms with Crippen LogP contribution in [-0.2, 0) is 4.74 Å². The zero-order chi connectivity index (χ0) is 18.0. The van der Waals surface area contributed by atoms with Crippen LogP contribution in [0.15, 0.2) is 0 Å². The van der Waals surface area contributed by atoms with Crippen LogP contribution in [0.2, 0.25) is 0 Å². The Bertz CT molecular complexity index is 772. The molecule has 0 saturated heterocycles. The molecule has 2 heterocycles. The maximum Gasteiger partial charge on any atom is 0.261 e. The van der Waals surface area contributed by atoms with Gasteiger partial charge in [-0.15, -0.1) is 11.3 Å². The van der Waals surface area contributed by atoms with E-state index in [1.807, 2.05) is 20.8 Å². The van der Waals surface area contributed by atoms with E-state index in [1.165, 1.54) is 30.6 Å². The van der Waals surface area contributed by atoms with Crippen molar-refractivity contribution in [3.63, 3.8) is 0 Å². The van der Waals surface area contributed by atoms with E-state index >= 15 is 0 Å². The van der Waals surface area contributed by atoms with Crippen molar-refractivity contribution in [2.75, 3.05) is 13.2 Å². The minimum absolute atomic E-state index is 0.0437. The Morgan fingerprint density at radius 3 is 2.76 bits per heavy atom. The van der Waals surface area contributed by atoms with Gasteiger partial charge in [0.1, 0.15) is 10.7 Å². The second-order valence-corrected chi connectivity index (χ2v) is 8.02. The lowest BCUT2D eigenvalue weighted by Gasteiger charge is -2.28. The van der Waals surface area contributed by atoms with E-state index in [2.05, 4.69) is 22.2 Å². The number of nitrogens with zero attached hydrogens (tertiary/aromatic N) is 2. The van der Waals surface area contributed by atoms with E-state index in [0.717, 1.165) is 38.6 Å². The smallest absolute Gasteiger partial charge is 0.261 e. The molecule has 2 aromatic rings. The molecule has 2 unspecified atom stereocenters. The van der Waals surface area contributed by atoms with Gasteiger partial charge in [-0.2, -0.15) is 0 Å². The van der Waals surface area contributed by atoms with Crippen molar-refractivity contribution in [3.8, 4) is 0 Å². The summed E-state index contributed by atoms with van der Waals surface area (Å²) in [5, 5.41) is 3.99. The number of thiophene rings is 1. The van der Waals surface area contributed by atoms with Crippen LogP contribution in [0.25, 0.3) is 10.2 Å². The van der Waals surface area contributed by atoms with Crippen molar-refractivity contribution in [1.29, 1.82) is 0 Å². The molecule has 0 spiro atoms. The van der Waals surface area contributed by atoms with Crippen molar-refractivity contribution >= 4 is 27.5 Å². The molecule has 25 heavy (non-hydrogen) atoms. The van der Waals surface area contributed by atoms with Crippen LogP contribution in [0.3, 0.4) is 0 Å². The Kier molecular flexibility index (Phi) is 5.69. The van der Waals surface area contributed by atoms with Gasteiger partial charge in [-0.1, -0.05) is 19.8 Å². The number of nitrogens with one attached hydrogen (secondary N) is 1. The molecule has 1 aliphatic carbocycles. The number of carbonyl (C=O) groups is 1. The molecule has 0 aliphatic heterocycles. The summed E-state index contributed by atoms with van der Waals surface area (Å²) in [5.74, 6) is 1.32. The third-order valence-electron chi connectivity index (χ3n) is 5.04. The minimum Gasteiger partial charge on any atom is -0.376 e. The predicted molar refractivity (Wildman–Crippen MR) is 101 cm³/mol. The van der Waals surface area contributed by atoms with Gasteiger partial charge in [-0.25, -0.2) is 9.97 Å². The van der Waals surface area contributed by atoms with Crippen LogP contribution in [-0.4, -0.2) is 35.1 Å². The molecule has 0 aromatic carbocycles. The van der Waals surface area contributed by atoms with E-state index in [4.69, 9.17) is 4.74 Å². The van der Waals surface area contributed by atoms with Crippen molar-refractivity contribution in [3.05, 3.63) is 22.0 Å². The number of rotatable bonds is 5. The zero-order valence-electron chi connectivity index (χ0n) is 15.5. The summed E-state index contributed by atoms with van der Waals surface area (Å²) in [5.41, 5.74) is 1.90. The van der Waals surface area contributed by atoms with Gasteiger partial charge < -0.3 is 10.1 Å². The van der Waals surface area contributed by atoms with Gasteiger partial charge in [-0.3, -0.25) is 4.79 Å². The monoisotopic (exact) mass is 361 g/mol. The number of ether oxygens (including phenoxy) is 1. The van der Waals surface area contributed by atoms with Gasteiger partial charge in [0.15, 0.2) is 0 Å². The molecule has 3 rings (SSSR count). The maximum atomic E-state index is 12.5. The highest BCUT2D eigenvalue weighted by atomic mass is 32.1. The van der Waals surface area contributed by atoms with Crippen molar-refractivity contribution < 1.29 is 9.53 Å². The highest BCUT2D eigenvalue weighted by Crippen LogP contribution is 2.31. The lowest BCUT2D eigenvalue weighted by molar-refractivity contribution is -0.00292. The van der Waals surface area contributed by atoms with Gasteiger partial charge >= 0.3 is 0 Å². The Hall–Kier alpha value is -1.53.